The van der Waals surface area contributed by atoms with Crippen molar-refractivity contribution in [1.29, 1.82) is 0 Å². The van der Waals surface area contributed by atoms with Gasteiger partial charge in [0.2, 0.25) is 0 Å². The predicted octanol–water partition coefficient (Wildman–Crippen LogP) is 0.0840. The monoisotopic (exact) mass is 169 g/mol. The van der Waals surface area contributed by atoms with Gasteiger partial charge in [0, 0.05) is 0 Å². The highest BCUT2D eigenvalue weighted by Gasteiger charge is 2.45. The predicted molar refractivity (Wildman–Crippen MR) is 40.2 cm³/mol. The quantitative estimate of drug-likeness (QED) is 0.550. The molecule has 1 aliphatic heterocycles. The zero-order valence-corrected chi connectivity index (χ0v) is 6.99. The van der Waals surface area contributed by atoms with E-state index in [1.54, 1.807) is 0 Å². The first kappa shape index (κ1) is 8.05. The van der Waals surface area contributed by atoms with Crippen LogP contribution in [0.2, 0.25) is 0 Å². The lowest BCUT2D eigenvalue weighted by atomic mass is 9.86. The first-order valence-corrected chi connectivity index (χ1v) is 4.65. The van der Waals surface area contributed by atoms with E-state index in [1.807, 2.05) is 0 Å². The number of carboxylic acid groups (broad SMARTS) is 1. The van der Waals surface area contributed by atoms with Crippen LogP contribution in [0.15, 0.2) is 0 Å². The van der Waals surface area contributed by atoms with E-state index in [9.17, 15) is 9.90 Å². The van der Waals surface area contributed by atoms with Gasteiger partial charge in [-0.3, -0.25) is 0 Å². The molecule has 1 heterocycles. The number of carbonyl (C=O) groups is 1. The zero-order valence-electron chi connectivity index (χ0n) is 6.99. The Kier molecular flexibility index (Phi) is 2.05. The van der Waals surface area contributed by atoms with Gasteiger partial charge >= 0.3 is 0 Å². The molecule has 3 heteroatoms. The first-order valence-electron chi connectivity index (χ1n) is 4.65. The summed E-state index contributed by atoms with van der Waals surface area (Å²) in [6.07, 6.45) is 5.40. The van der Waals surface area contributed by atoms with Crippen LogP contribution in [0.5, 0.6) is 0 Å². The van der Waals surface area contributed by atoms with Crippen LogP contribution < -0.4 is 5.11 Å². The summed E-state index contributed by atoms with van der Waals surface area (Å²) >= 11 is 0. The molecule has 0 radical (unpaired) electrons. The minimum Gasteiger partial charge on any atom is -0.547 e. The van der Waals surface area contributed by atoms with Crippen LogP contribution in [0.1, 0.15) is 32.1 Å². The highest BCUT2D eigenvalue weighted by molar-refractivity contribution is 5.73. The first-order chi connectivity index (χ1) is 5.79. The van der Waals surface area contributed by atoms with E-state index in [2.05, 4.69) is 0 Å². The van der Waals surface area contributed by atoms with Gasteiger partial charge in [-0.2, -0.15) is 0 Å². The summed E-state index contributed by atoms with van der Waals surface area (Å²) in [5.74, 6) is -0.549. The van der Waals surface area contributed by atoms with Crippen LogP contribution in [0.4, 0.5) is 0 Å². The summed E-state index contributed by atoms with van der Waals surface area (Å²) in [7, 11) is 0. The lowest BCUT2D eigenvalue weighted by Crippen LogP contribution is -2.31. The van der Waals surface area contributed by atoms with Gasteiger partial charge in [-0.15, -0.1) is 0 Å². The van der Waals surface area contributed by atoms with Gasteiger partial charge in [0.15, 0.2) is 0 Å². The maximum atomic E-state index is 10.4. The number of rotatable bonds is 2. The van der Waals surface area contributed by atoms with Crippen molar-refractivity contribution in [2.24, 2.45) is 5.92 Å². The van der Waals surface area contributed by atoms with Crippen molar-refractivity contribution in [1.82, 2.24) is 0 Å². The van der Waals surface area contributed by atoms with Gasteiger partial charge in [-0.1, -0.05) is 19.3 Å². The minimum absolute atomic E-state index is 0.0182. The molecule has 0 N–H and O–H groups in total. The third-order valence-corrected chi connectivity index (χ3v) is 2.87. The van der Waals surface area contributed by atoms with E-state index >= 15 is 0 Å². The lowest BCUT2D eigenvalue weighted by Gasteiger charge is -2.19. The van der Waals surface area contributed by atoms with Crippen LogP contribution >= 0.6 is 0 Å². The number of hydrogen-bond donors (Lipinski definition) is 0. The second-order valence-electron chi connectivity index (χ2n) is 3.74. The summed E-state index contributed by atoms with van der Waals surface area (Å²) in [4.78, 5) is 10.4. The van der Waals surface area contributed by atoms with Crippen molar-refractivity contribution in [3.05, 3.63) is 0 Å². The molecule has 1 saturated heterocycles. The Morgan fingerprint density at radius 3 is 2.42 bits per heavy atom. The van der Waals surface area contributed by atoms with Crippen molar-refractivity contribution in [2.45, 2.75) is 44.3 Å². The molecule has 3 nitrogen and oxygen atoms in total. The number of ether oxygens (including phenoxy) is 1. The molecule has 2 aliphatic rings. The fourth-order valence-electron chi connectivity index (χ4n) is 2.13. The molecule has 0 amide bonds. The summed E-state index contributed by atoms with van der Waals surface area (Å²) in [6.45, 7) is 0. The molecule has 0 spiro atoms. The highest BCUT2D eigenvalue weighted by Crippen LogP contribution is 2.37. The Hall–Kier alpha value is -0.570. The lowest BCUT2D eigenvalue weighted by molar-refractivity contribution is -0.307. The Balaban J connectivity index is 1.83. The van der Waals surface area contributed by atoms with Gasteiger partial charge in [0.25, 0.3) is 0 Å². The van der Waals surface area contributed by atoms with E-state index in [-0.39, 0.29) is 6.10 Å². The number of carbonyl (C=O) groups excluding carboxylic acids is 1. The van der Waals surface area contributed by atoms with Gasteiger partial charge < -0.3 is 14.6 Å². The van der Waals surface area contributed by atoms with E-state index < -0.39 is 12.1 Å². The summed E-state index contributed by atoms with van der Waals surface area (Å²) in [5, 5.41) is 10.4. The minimum atomic E-state index is -1.04. The molecule has 2 rings (SSSR count). The molecule has 2 atom stereocenters. The van der Waals surface area contributed by atoms with Gasteiger partial charge in [0.1, 0.15) is 6.10 Å². The molecule has 0 aromatic rings. The van der Waals surface area contributed by atoms with Crippen LogP contribution in [-0.2, 0) is 9.53 Å². The Morgan fingerprint density at radius 2 is 1.92 bits per heavy atom. The Labute approximate surface area is 71.7 Å². The summed E-state index contributed by atoms with van der Waals surface area (Å²) in [5.41, 5.74) is 0. The van der Waals surface area contributed by atoms with E-state index in [4.69, 9.17) is 4.74 Å². The number of hydrogen-bond acceptors (Lipinski definition) is 3. The molecule has 68 valence electrons. The number of carboxylic acids is 1. The normalized spacial score (nSPS) is 36.3. The molecule has 1 aliphatic carbocycles. The molecule has 12 heavy (non-hydrogen) atoms. The largest absolute Gasteiger partial charge is 0.547 e. The third-order valence-electron chi connectivity index (χ3n) is 2.87. The molecule has 1 saturated carbocycles. The van der Waals surface area contributed by atoms with Crippen LogP contribution in [0, 0.1) is 5.92 Å². The Bertz CT molecular complexity index is 184. The third kappa shape index (κ3) is 1.46. The van der Waals surface area contributed by atoms with Gasteiger partial charge in [0.05, 0.1) is 12.1 Å². The molecular weight excluding hydrogens is 156 g/mol. The standard InChI is InChI=1S/C9H14O3/c10-9(11)8-7(12-8)6-4-2-1-3-5-6/h6-8H,1-5H2,(H,10,11)/p-1. The van der Waals surface area contributed by atoms with Crippen LogP contribution in [0.25, 0.3) is 0 Å². The molecule has 0 aromatic heterocycles. The fourth-order valence-corrected chi connectivity index (χ4v) is 2.13. The van der Waals surface area contributed by atoms with Crippen LogP contribution in [-0.4, -0.2) is 18.2 Å². The molecule has 2 unspecified atom stereocenters. The van der Waals surface area contributed by atoms with Crippen molar-refractivity contribution in [3.63, 3.8) is 0 Å². The smallest absolute Gasteiger partial charge is 0.124 e. The fraction of sp³-hybridized carbons (Fsp3) is 0.889. The van der Waals surface area contributed by atoms with E-state index in [1.165, 1.54) is 19.3 Å². The zero-order chi connectivity index (χ0) is 8.55. The Morgan fingerprint density at radius 1 is 1.25 bits per heavy atom. The van der Waals surface area contributed by atoms with Crippen molar-refractivity contribution in [2.75, 3.05) is 0 Å². The molecule has 2 fully saturated rings. The summed E-state index contributed by atoms with van der Waals surface area (Å²) in [6, 6.07) is 0. The SMILES string of the molecule is O=C([O-])C1OC1C1CCCCC1. The van der Waals surface area contributed by atoms with Gasteiger partial charge in [-0.25, -0.2) is 0 Å². The topological polar surface area (TPSA) is 52.7 Å². The maximum absolute atomic E-state index is 10.4. The van der Waals surface area contributed by atoms with E-state index in [0.29, 0.717) is 5.92 Å². The van der Waals surface area contributed by atoms with Crippen molar-refractivity contribution < 1.29 is 14.6 Å². The second-order valence-corrected chi connectivity index (χ2v) is 3.74. The van der Waals surface area contributed by atoms with Crippen molar-refractivity contribution >= 4 is 5.97 Å². The second kappa shape index (κ2) is 3.05. The highest BCUT2D eigenvalue weighted by atomic mass is 16.6. The average molecular weight is 169 g/mol. The number of aliphatic carboxylic acids is 1. The van der Waals surface area contributed by atoms with Crippen molar-refractivity contribution in [3.8, 4) is 0 Å². The van der Waals surface area contributed by atoms with Crippen LogP contribution in [0.3, 0.4) is 0 Å². The maximum Gasteiger partial charge on any atom is 0.124 e. The molecule has 0 aromatic carbocycles. The number of epoxide rings is 1. The average Bonchev–Trinajstić information content (AvgIpc) is 2.84. The van der Waals surface area contributed by atoms with Gasteiger partial charge in [-0.05, 0) is 18.8 Å². The molecule has 0 bridgehead atoms. The summed E-state index contributed by atoms with van der Waals surface area (Å²) < 4.78 is 5.06. The molecular formula is C9H13O3-. The van der Waals surface area contributed by atoms with E-state index in [0.717, 1.165) is 12.8 Å².